The van der Waals surface area contributed by atoms with Crippen LogP contribution < -0.4 is 20.3 Å². The van der Waals surface area contributed by atoms with Crippen molar-refractivity contribution in [3.8, 4) is 11.5 Å². The van der Waals surface area contributed by atoms with Gasteiger partial charge in [-0.05, 0) is 57.4 Å². The first-order valence-electron chi connectivity index (χ1n) is 11.4. The largest absolute Gasteiger partial charge is 0.487 e. The van der Waals surface area contributed by atoms with E-state index in [2.05, 4.69) is 15.3 Å². The fourth-order valence-electron chi connectivity index (χ4n) is 3.76. The molecule has 9 nitrogen and oxygen atoms in total. The lowest BCUT2D eigenvalue weighted by Gasteiger charge is -2.14. The standard InChI is InChI=1S/C26H29N5O4/c1-16(2)30-15-27-26-29-21(12-24(33)31(26)30)13-34-22-11-20(10-9-17(22)3)28-23(32)14-35-25-18(4)7-6-8-19(25)5/h6-12,15-16H,13-14H2,1-5H3,(H,28,32). The van der Waals surface area contributed by atoms with Gasteiger partial charge in [0.15, 0.2) is 6.61 Å². The quantitative estimate of drug-likeness (QED) is 0.414. The molecule has 9 heteroatoms. The molecular weight excluding hydrogens is 446 g/mol. The van der Waals surface area contributed by atoms with Gasteiger partial charge in [-0.2, -0.15) is 9.50 Å². The number of anilines is 1. The monoisotopic (exact) mass is 475 g/mol. The molecule has 0 aliphatic rings. The van der Waals surface area contributed by atoms with E-state index in [0.717, 1.165) is 16.7 Å². The lowest BCUT2D eigenvalue weighted by atomic mass is 10.1. The van der Waals surface area contributed by atoms with Crippen LogP contribution in [-0.2, 0) is 11.4 Å². The normalized spacial score (nSPS) is 11.1. The molecule has 0 fully saturated rings. The summed E-state index contributed by atoms with van der Waals surface area (Å²) in [6.07, 6.45) is 1.60. The number of hydrogen-bond acceptors (Lipinski definition) is 6. The third-order valence-corrected chi connectivity index (χ3v) is 5.59. The number of ether oxygens (including phenoxy) is 2. The molecule has 0 saturated carbocycles. The molecule has 1 amide bonds. The summed E-state index contributed by atoms with van der Waals surface area (Å²) in [5.41, 5.74) is 3.68. The Morgan fingerprint density at radius 3 is 2.49 bits per heavy atom. The summed E-state index contributed by atoms with van der Waals surface area (Å²) in [6, 6.07) is 12.8. The molecule has 35 heavy (non-hydrogen) atoms. The molecule has 0 unspecified atom stereocenters. The minimum atomic E-state index is -0.275. The molecule has 0 bridgehead atoms. The molecule has 0 aliphatic carbocycles. The van der Waals surface area contributed by atoms with Gasteiger partial charge in [-0.3, -0.25) is 14.3 Å². The van der Waals surface area contributed by atoms with Crippen LogP contribution in [0.25, 0.3) is 5.78 Å². The molecular formula is C26H29N5O4. The van der Waals surface area contributed by atoms with Gasteiger partial charge in [-0.1, -0.05) is 24.3 Å². The Kier molecular flexibility index (Phi) is 6.86. The Hall–Kier alpha value is -4.14. The number of carbonyl (C=O) groups excluding carboxylic acids is 1. The van der Waals surface area contributed by atoms with E-state index in [1.54, 1.807) is 23.1 Å². The summed E-state index contributed by atoms with van der Waals surface area (Å²) in [5, 5.41) is 2.84. The smallest absolute Gasteiger partial charge is 0.274 e. The highest BCUT2D eigenvalue weighted by molar-refractivity contribution is 5.92. The maximum atomic E-state index is 12.6. The molecule has 0 aliphatic heterocycles. The molecule has 0 atom stereocenters. The number of amides is 1. The maximum Gasteiger partial charge on any atom is 0.274 e. The van der Waals surface area contributed by atoms with E-state index < -0.39 is 0 Å². The Labute approximate surface area is 203 Å². The van der Waals surface area contributed by atoms with Crippen molar-refractivity contribution in [3.63, 3.8) is 0 Å². The summed E-state index contributed by atoms with van der Waals surface area (Å²) in [7, 11) is 0. The number of carbonyl (C=O) groups is 1. The number of para-hydroxylation sites is 1. The molecule has 1 N–H and O–H groups in total. The molecule has 2 aromatic carbocycles. The van der Waals surface area contributed by atoms with E-state index in [1.807, 2.05) is 58.9 Å². The highest BCUT2D eigenvalue weighted by Gasteiger charge is 2.12. The Morgan fingerprint density at radius 1 is 1.03 bits per heavy atom. The fraction of sp³-hybridized carbons (Fsp3) is 0.308. The van der Waals surface area contributed by atoms with Crippen LogP contribution in [0.5, 0.6) is 11.5 Å². The number of nitrogens with one attached hydrogen (secondary N) is 1. The predicted octanol–water partition coefficient (Wildman–Crippen LogP) is 3.99. The van der Waals surface area contributed by atoms with Gasteiger partial charge in [0.2, 0.25) is 0 Å². The van der Waals surface area contributed by atoms with Crippen LogP contribution in [0.1, 0.15) is 42.3 Å². The van der Waals surface area contributed by atoms with Gasteiger partial charge in [-0.15, -0.1) is 0 Å². The minimum absolute atomic E-state index is 0.0772. The van der Waals surface area contributed by atoms with E-state index in [-0.39, 0.29) is 30.7 Å². The van der Waals surface area contributed by atoms with Crippen LogP contribution in [0, 0.1) is 20.8 Å². The fourth-order valence-corrected chi connectivity index (χ4v) is 3.76. The third kappa shape index (κ3) is 5.34. The first kappa shape index (κ1) is 24.0. The summed E-state index contributed by atoms with van der Waals surface area (Å²) >= 11 is 0. The predicted molar refractivity (Wildman–Crippen MR) is 133 cm³/mol. The molecule has 4 aromatic rings. The van der Waals surface area contributed by atoms with E-state index >= 15 is 0 Å². The summed E-state index contributed by atoms with van der Waals surface area (Å²) in [6.45, 7) is 9.72. The van der Waals surface area contributed by atoms with Gasteiger partial charge < -0.3 is 14.8 Å². The SMILES string of the molecule is Cc1ccc(NC(=O)COc2c(C)cccc2C)cc1OCc1cc(=O)n2c(ncn2C(C)C)n1. The number of fused-ring (bicyclic) bond motifs is 1. The zero-order chi connectivity index (χ0) is 25.1. The maximum absolute atomic E-state index is 12.6. The van der Waals surface area contributed by atoms with Gasteiger partial charge >= 0.3 is 0 Å². The van der Waals surface area contributed by atoms with E-state index in [4.69, 9.17) is 9.47 Å². The number of benzene rings is 2. The number of aryl methyl sites for hydroxylation is 3. The summed E-state index contributed by atoms with van der Waals surface area (Å²) in [5.74, 6) is 1.34. The van der Waals surface area contributed by atoms with Crippen molar-refractivity contribution in [3.05, 3.63) is 81.5 Å². The molecule has 182 valence electrons. The van der Waals surface area contributed by atoms with Gasteiger partial charge in [0.05, 0.1) is 5.69 Å². The van der Waals surface area contributed by atoms with Gasteiger partial charge in [0.25, 0.3) is 17.2 Å². The number of aromatic nitrogens is 4. The second-order valence-electron chi connectivity index (χ2n) is 8.74. The van der Waals surface area contributed by atoms with E-state index in [1.165, 1.54) is 10.6 Å². The Morgan fingerprint density at radius 2 is 1.77 bits per heavy atom. The first-order chi connectivity index (χ1) is 16.7. The molecule has 4 rings (SSSR count). The first-order valence-corrected chi connectivity index (χ1v) is 11.4. The second kappa shape index (κ2) is 10.0. The number of rotatable bonds is 8. The van der Waals surface area contributed by atoms with Crippen molar-refractivity contribution < 1.29 is 14.3 Å². The van der Waals surface area contributed by atoms with E-state index in [9.17, 15) is 9.59 Å². The summed E-state index contributed by atoms with van der Waals surface area (Å²) < 4.78 is 14.8. The number of hydrogen-bond donors (Lipinski definition) is 1. The summed E-state index contributed by atoms with van der Waals surface area (Å²) in [4.78, 5) is 33.7. The van der Waals surface area contributed by atoms with Gasteiger partial charge in [0, 0.05) is 23.9 Å². The van der Waals surface area contributed by atoms with Gasteiger partial charge in [-0.25, -0.2) is 4.98 Å². The van der Waals surface area contributed by atoms with Crippen molar-refractivity contribution in [2.45, 2.75) is 47.3 Å². The van der Waals surface area contributed by atoms with Gasteiger partial charge in [0.1, 0.15) is 24.4 Å². The molecule has 0 saturated heterocycles. The minimum Gasteiger partial charge on any atom is -0.487 e. The molecule has 2 aromatic heterocycles. The van der Waals surface area contributed by atoms with Crippen molar-refractivity contribution in [1.82, 2.24) is 19.2 Å². The highest BCUT2D eigenvalue weighted by Crippen LogP contribution is 2.24. The molecule has 0 radical (unpaired) electrons. The average molecular weight is 476 g/mol. The highest BCUT2D eigenvalue weighted by atomic mass is 16.5. The molecule has 2 heterocycles. The average Bonchev–Trinajstić information content (AvgIpc) is 3.24. The van der Waals surface area contributed by atoms with Crippen LogP contribution in [0.15, 0.2) is 53.6 Å². The second-order valence-corrected chi connectivity index (χ2v) is 8.74. The number of nitrogens with zero attached hydrogens (tertiary/aromatic N) is 4. The van der Waals surface area contributed by atoms with Crippen LogP contribution in [0.4, 0.5) is 5.69 Å². The molecule has 0 spiro atoms. The lowest BCUT2D eigenvalue weighted by Crippen LogP contribution is -2.23. The van der Waals surface area contributed by atoms with Crippen LogP contribution >= 0.6 is 0 Å². The van der Waals surface area contributed by atoms with Crippen LogP contribution in [0.2, 0.25) is 0 Å². The van der Waals surface area contributed by atoms with Crippen LogP contribution in [0.3, 0.4) is 0 Å². The lowest BCUT2D eigenvalue weighted by molar-refractivity contribution is -0.118. The van der Waals surface area contributed by atoms with E-state index in [0.29, 0.717) is 28.7 Å². The van der Waals surface area contributed by atoms with Crippen molar-refractivity contribution in [2.75, 3.05) is 11.9 Å². The Balaban J connectivity index is 1.42. The third-order valence-electron chi connectivity index (χ3n) is 5.59. The van der Waals surface area contributed by atoms with Crippen molar-refractivity contribution in [2.24, 2.45) is 0 Å². The zero-order valence-corrected chi connectivity index (χ0v) is 20.5. The zero-order valence-electron chi connectivity index (χ0n) is 20.5. The van der Waals surface area contributed by atoms with Crippen molar-refractivity contribution in [1.29, 1.82) is 0 Å². The van der Waals surface area contributed by atoms with Crippen molar-refractivity contribution >= 4 is 17.4 Å². The Bertz CT molecular complexity index is 1420. The topological polar surface area (TPSA) is 99.7 Å². The van der Waals surface area contributed by atoms with Crippen LogP contribution in [-0.4, -0.2) is 31.7 Å².